The van der Waals surface area contributed by atoms with Crippen LogP contribution in [0.3, 0.4) is 0 Å². The topological polar surface area (TPSA) is 86.5 Å². The van der Waals surface area contributed by atoms with Gasteiger partial charge in [0.15, 0.2) is 0 Å². The number of ether oxygens (including phenoxy) is 1. The molecule has 0 aliphatic rings. The summed E-state index contributed by atoms with van der Waals surface area (Å²) < 4.78 is 21.2. The molecule has 0 bridgehead atoms. The minimum absolute atomic E-state index is 0.356. The van der Waals surface area contributed by atoms with Gasteiger partial charge < -0.3 is 10.5 Å². The predicted octanol–water partition coefficient (Wildman–Crippen LogP) is -0.138. The molecule has 0 aromatic carbocycles. The molecule has 0 heterocycles. The van der Waals surface area contributed by atoms with Crippen LogP contribution in [0, 0.1) is 0 Å². The van der Waals surface area contributed by atoms with Crippen molar-refractivity contribution < 1.29 is 35.3 Å². The van der Waals surface area contributed by atoms with Crippen LogP contribution in [0.4, 0.5) is 4.79 Å². The van der Waals surface area contributed by atoms with E-state index in [2.05, 4.69) is 10.5 Å². The van der Waals surface area contributed by atoms with Gasteiger partial charge in [-0.25, -0.2) is 4.79 Å². The predicted molar refractivity (Wildman–Crippen MR) is 22.6 cm³/mol. The maximum absolute atomic E-state index is 9.60. The Balaban J connectivity index is 0. The second-order valence-corrected chi connectivity index (χ2v) is 1.10. The third-order valence-electron chi connectivity index (χ3n) is 0.287. The second-order valence-electron chi connectivity index (χ2n) is 0.835. The fourth-order valence-corrected chi connectivity index (χ4v) is 0.142. The van der Waals surface area contributed by atoms with Crippen LogP contribution in [0.15, 0.2) is 0 Å². The third-order valence-corrected chi connectivity index (χ3v) is 0.287. The number of rotatable bonds is 1. The number of carbonyl (C=O) groups excluding carboxylic acids is 1. The number of primary amides is 1. The van der Waals surface area contributed by atoms with Gasteiger partial charge in [-0.1, -0.05) is 0 Å². The van der Waals surface area contributed by atoms with Crippen molar-refractivity contribution in [3.63, 3.8) is 0 Å². The third kappa shape index (κ3) is 35.4. The molecular formula is C3H7NO4Ti. The van der Waals surface area contributed by atoms with Crippen molar-refractivity contribution in [2.75, 3.05) is 6.61 Å². The van der Waals surface area contributed by atoms with Gasteiger partial charge in [0.25, 0.3) is 0 Å². The van der Waals surface area contributed by atoms with E-state index in [1.807, 2.05) is 0 Å². The summed E-state index contributed by atoms with van der Waals surface area (Å²) in [6, 6.07) is 0. The molecule has 0 unspecified atom stereocenters. The van der Waals surface area contributed by atoms with Crippen LogP contribution in [0.2, 0.25) is 0 Å². The standard InChI is InChI=1S/C3H7NO2.2O.Ti/c1-2-6-3(4)5;;;/h2H2,1H3,(H2,4,5);;;. The van der Waals surface area contributed by atoms with Gasteiger partial charge in [-0.15, -0.1) is 0 Å². The Labute approximate surface area is 61.1 Å². The monoisotopic (exact) mass is 169 g/mol. The molecule has 0 saturated heterocycles. The van der Waals surface area contributed by atoms with Gasteiger partial charge in [0, 0.05) is 0 Å². The molecule has 2 N–H and O–H groups in total. The van der Waals surface area contributed by atoms with E-state index in [-0.39, 0.29) is 0 Å². The summed E-state index contributed by atoms with van der Waals surface area (Å²) in [4.78, 5) is 9.60. The Bertz CT molecular complexity index is 108. The molecule has 0 saturated carbocycles. The maximum atomic E-state index is 9.60. The molecule has 5 nitrogen and oxygen atoms in total. The van der Waals surface area contributed by atoms with E-state index in [9.17, 15) is 4.79 Å². The SMILES string of the molecule is CCOC(N)=O.[O]=[Ti]=[O]. The summed E-state index contributed by atoms with van der Waals surface area (Å²) in [5, 5.41) is 0. The Morgan fingerprint density at radius 1 is 1.67 bits per heavy atom. The summed E-state index contributed by atoms with van der Waals surface area (Å²) >= 11 is -2.00. The molecule has 0 rings (SSSR count). The summed E-state index contributed by atoms with van der Waals surface area (Å²) in [6.45, 7) is 2.06. The zero-order valence-corrected chi connectivity index (χ0v) is 6.48. The van der Waals surface area contributed by atoms with E-state index in [4.69, 9.17) is 6.65 Å². The van der Waals surface area contributed by atoms with Gasteiger partial charge in [-0.3, -0.25) is 0 Å². The zero-order chi connectivity index (χ0) is 7.70. The Morgan fingerprint density at radius 2 is 2.00 bits per heavy atom. The van der Waals surface area contributed by atoms with E-state index in [0.29, 0.717) is 6.61 Å². The normalized spacial score (nSPS) is 5.89. The van der Waals surface area contributed by atoms with Crippen LogP contribution in [0.5, 0.6) is 0 Å². The summed E-state index contributed by atoms with van der Waals surface area (Å²) in [6.07, 6.45) is -0.711. The van der Waals surface area contributed by atoms with Crippen molar-refractivity contribution in [3.8, 4) is 0 Å². The number of nitrogens with two attached hydrogens (primary N) is 1. The number of hydrogen-bond acceptors (Lipinski definition) is 4. The number of carbonyl (C=O) groups is 1. The fourth-order valence-electron chi connectivity index (χ4n) is 0.142. The molecule has 6 heteroatoms. The quantitative estimate of drug-likeness (QED) is 0.553. The average molecular weight is 169 g/mol. The number of amides is 1. The molecule has 0 fully saturated rings. The molecule has 0 aromatic rings. The van der Waals surface area contributed by atoms with Crippen LogP contribution >= 0.6 is 0 Å². The van der Waals surface area contributed by atoms with Gasteiger partial charge in [0.05, 0.1) is 6.61 Å². The van der Waals surface area contributed by atoms with Crippen LogP contribution in [-0.2, 0) is 30.5 Å². The van der Waals surface area contributed by atoms with Crippen LogP contribution < -0.4 is 5.73 Å². The molecule has 52 valence electrons. The first kappa shape index (κ1) is 11.4. The van der Waals surface area contributed by atoms with Crippen molar-refractivity contribution in [1.82, 2.24) is 0 Å². The van der Waals surface area contributed by atoms with Crippen molar-refractivity contribution in [3.05, 3.63) is 0 Å². The fraction of sp³-hybridized carbons (Fsp3) is 0.667. The van der Waals surface area contributed by atoms with Crippen molar-refractivity contribution >= 4 is 6.09 Å². The van der Waals surface area contributed by atoms with Gasteiger partial charge in [-0.2, -0.15) is 0 Å². The molecule has 0 radical (unpaired) electrons. The van der Waals surface area contributed by atoms with E-state index < -0.39 is 25.2 Å². The first-order valence-corrected chi connectivity index (χ1v) is 3.38. The molecule has 0 atom stereocenters. The molecule has 1 amide bonds. The van der Waals surface area contributed by atoms with Gasteiger partial charge >= 0.3 is 31.8 Å². The molecule has 0 spiro atoms. The van der Waals surface area contributed by atoms with E-state index >= 15 is 0 Å². The second kappa shape index (κ2) is 10.5. The van der Waals surface area contributed by atoms with Crippen LogP contribution in [-0.4, -0.2) is 12.7 Å². The Kier molecular flexibility index (Phi) is 13.3. The molecule has 0 aliphatic heterocycles. The van der Waals surface area contributed by atoms with Crippen LogP contribution in [0.1, 0.15) is 6.92 Å². The molecule has 0 aliphatic carbocycles. The van der Waals surface area contributed by atoms with Crippen molar-refractivity contribution in [1.29, 1.82) is 0 Å². The molecule has 9 heavy (non-hydrogen) atoms. The molecular weight excluding hydrogens is 162 g/mol. The summed E-state index contributed by atoms with van der Waals surface area (Å²) in [7, 11) is 0. The van der Waals surface area contributed by atoms with E-state index in [1.54, 1.807) is 6.92 Å². The van der Waals surface area contributed by atoms with Gasteiger partial charge in [0.2, 0.25) is 0 Å². The van der Waals surface area contributed by atoms with Crippen LogP contribution in [0.25, 0.3) is 0 Å². The molecule has 0 aromatic heterocycles. The Morgan fingerprint density at radius 3 is 2.00 bits per heavy atom. The Hall–Kier alpha value is -0.416. The van der Waals surface area contributed by atoms with Gasteiger partial charge in [0.1, 0.15) is 0 Å². The summed E-state index contributed by atoms with van der Waals surface area (Å²) in [5.41, 5.74) is 4.54. The summed E-state index contributed by atoms with van der Waals surface area (Å²) in [5.74, 6) is 0. The van der Waals surface area contributed by atoms with Crippen molar-refractivity contribution in [2.45, 2.75) is 6.92 Å². The zero-order valence-electron chi connectivity index (χ0n) is 4.92. The van der Waals surface area contributed by atoms with Gasteiger partial charge in [-0.05, 0) is 6.92 Å². The first-order valence-electron chi connectivity index (χ1n) is 2.10. The van der Waals surface area contributed by atoms with Crippen molar-refractivity contribution in [2.24, 2.45) is 5.73 Å². The van der Waals surface area contributed by atoms with E-state index in [1.165, 1.54) is 0 Å². The average Bonchev–Trinajstić information content (AvgIpc) is 1.67. The van der Waals surface area contributed by atoms with E-state index in [0.717, 1.165) is 0 Å². The number of hydrogen-bond donors (Lipinski definition) is 1. The first-order chi connectivity index (χ1) is 4.18. The minimum atomic E-state index is -2.00.